The Hall–Kier alpha value is -2.12. The maximum atomic E-state index is 12.5. The van der Waals surface area contributed by atoms with Crippen LogP contribution in [0.2, 0.25) is 0 Å². The summed E-state index contributed by atoms with van der Waals surface area (Å²) in [6, 6.07) is 9.21. The molecule has 1 aromatic heterocycles. The van der Waals surface area contributed by atoms with Gasteiger partial charge in [-0.2, -0.15) is 0 Å². The Bertz CT molecular complexity index is 735. The van der Waals surface area contributed by atoms with Gasteiger partial charge in [0.2, 0.25) is 0 Å². The minimum atomic E-state index is -0.570. The summed E-state index contributed by atoms with van der Waals surface area (Å²) in [5.41, 5.74) is 1.60. The molecule has 2 aromatic rings. The third-order valence-electron chi connectivity index (χ3n) is 3.56. The highest BCUT2D eigenvalue weighted by Crippen LogP contribution is 2.29. The van der Waals surface area contributed by atoms with Crippen molar-refractivity contribution in [2.24, 2.45) is 0 Å². The van der Waals surface area contributed by atoms with Gasteiger partial charge in [-0.3, -0.25) is 10.1 Å². The van der Waals surface area contributed by atoms with Crippen LogP contribution in [-0.2, 0) is 17.7 Å². The summed E-state index contributed by atoms with van der Waals surface area (Å²) >= 11 is 6.84. The molecular formula is C16H16ClN3O3S. The molecule has 0 saturated heterocycles. The van der Waals surface area contributed by atoms with Gasteiger partial charge in [-0.15, -0.1) is 11.6 Å². The van der Waals surface area contributed by atoms with Gasteiger partial charge >= 0.3 is 6.09 Å². The molecule has 0 unspecified atom stereocenters. The quantitative estimate of drug-likeness (QED) is 0.845. The van der Waals surface area contributed by atoms with E-state index in [0.717, 1.165) is 10.6 Å². The highest BCUT2D eigenvalue weighted by molar-refractivity contribution is 7.15. The summed E-state index contributed by atoms with van der Waals surface area (Å²) < 4.78 is 4.86. The van der Waals surface area contributed by atoms with Crippen LogP contribution < -0.4 is 5.32 Å². The Morgan fingerprint density at radius 1 is 1.33 bits per heavy atom. The van der Waals surface area contributed by atoms with Crippen molar-refractivity contribution in [3.05, 3.63) is 46.5 Å². The Labute approximate surface area is 148 Å². The van der Waals surface area contributed by atoms with Crippen molar-refractivity contribution in [1.82, 2.24) is 9.88 Å². The van der Waals surface area contributed by atoms with Crippen LogP contribution in [0.1, 0.15) is 20.9 Å². The van der Waals surface area contributed by atoms with Crippen molar-refractivity contribution < 1.29 is 14.3 Å². The fraction of sp³-hybridized carbons (Fsp3) is 0.312. The zero-order chi connectivity index (χ0) is 16.9. The largest absolute Gasteiger partial charge is 0.448 e. The molecule has 8 heteroatoms. The standard InChI is InChI=1S/C16H16ClN3O3S/c17-7-9-23-16(22)19-15-18-12-6-8-20(10-13(12)24-15)14(21)11-4-2-1-3-5-11/h1-5H,6-10H2,(H,18,19,22). The van der Waals surface area contributed by atoms with Crippen molar-refractivity contribution in [2.75, 3.05) is 24.3 Å². The molecule has 1 aliphatic heterocycles. The number of amides is 2. The van der Waals surface area contributed by atoms with Gasteiger partial charge < -0.3 is 9.64 Å². The van der Waals surface area contributed by atoms with E-state index in [9.17, 15) is 9.59 Å². The van der Waals surface area contributed by atoms with Gasteiger partial charge in [-0.1, -0.05) is 29.5 Å². The Kier molecular flexibility index (Phi) is 5.32. The zero-order valence-electron chi connectivity index (χ0n) is 12.8. The number of ether oxygens (including phenoxy) is 1. The van der Waals surface area contributed by atoms with E-state index in [-0.39, 0.29) is 18.4 Å². The molecule has 0 radical (unpaired) electrons. The molecule has 6 nitrogen and oxygen atoms in total. The first kappa shape index (κ1) is 16.7. The second-order valence-electron chi connectivity index (χ2n) is 5.18. The minimum Gasteiger partial charge on any atom is -0.448 e. The van der Waals surface area contributed by atoms with Crippen LogP contribution in [0.5, 0.6) is 0 Å². The number of fused-ring (bicyclic) bond motifs is 1. The molecule has 0 saturated carbocycles. The molecule has 1 aromatic carbocycles. The van der Waals surface area contributed by atoms with Crippen LogP contribution >= 0.6 is 22.9 Å². The molecule has 2 amide bonds. The zero-order valence-corrected chi connectivity index (χ0v) is 14.4. The van der Waals surface area contributed by atoms with Gasteiger partial charge in [0.05, 0.1) is 18.1 Å². The van der Waals surface area contributed by atoms with Crippen LogP contribution in [0, 0.1) is 0 Å². The molecule has 0 bridgehead atoms. The summed E-state index contributed by atoms with van der Waals surface area (Å²) in [4.78, 5) is 31.3. The number of alkyl halides is 1. The van der Waals surface area contributed by atoms with E-state index in [1.165, 1.54) is 11.3 Å². The van der Waals surface area contributed by atoms with Crippen molar-refractivity contribution in [3.63, 3.8) is 0 Å². The average molecular weight is 366 g/mol. The highest BCUT2D eigenvalue weighted by atomic mass is 35.5. The van der Waals surface area contributed by atoms with Crippen LogP contribution in [0.3, 0.4) is 0 Å². The van der Waals surface area contributed by atoms with E-state index in [1.54, 1.807) is 4.90 Å². The Balaban J connectivity index is 1.66. The molecule has 0 fully saturated rings. The summed E-state index contributed by atoms with van der Waals surface area (Å²) in [6.45, 7) is 1.26. The number of carbonyl (C=O) groups is 2. The third-order valence-corrected chi connectivity index (χ3v) is 4.71. The molecule has 1 N–H and O–H groups in total. The molecule has 0 aliphatic carbocycles. The van der Waals surface area contributed by atoms with E-state index in [1.807, 2.05) is 30.3 Å². The van der Waals surface area contributed by atoms with Crippen molar-refractivity contribution >= 4 is 40.1 Å². The Morgan fingerprint density at radius 2 is 2.12 bits per heavy atom. The number of thiazole rings is 1. The van der Waals surface area contributed by atoms with Gasteiger partial charge in [-0.25, -0.2) is 9.78 Å². The van der Waals surface area contributed by atoms with Crippen LogP contribution in [0.4, 0.5) is 9.93 Å². The molecule has 24 heavy (non-hydrogen) atoms. The summed E-state index contributed by atoms with van der Waals surface area (Å²) in [5, 5.41) is 3.07. The number of benzene rings is 1. The number of nitrogens with one attached hydrogen (secondary N) is 1. The molecule has 2 heterocycles. The number of rotatable bonds is 4. The SMILES string of the molecule is O=C(Nc1nc2c(s1)CN(C(=O)c1ccccc1)CC2)OCCCl. The lowest BCUT2D eigenvalue weighted by molar-refractivity contribution is 0.0736. The number of nitrogens with zero attached hydrogens (tertiary/aromatic N) is 2. The minimum absolute atomic E-state index is 0.00526. The normalized spacial score (nSPS) is 13.3. The first-order chi connectivity index (χ1) is 11.7. The Morgan fingerprint density at radius 3 is 2.88 bits per heavy atom. The number of anilines is 1. The van der Waals surface area contributed by atoms with Gasteiger partial charge in [0.1, 0.15) is 6.61 Å². The maximum absolute atomic E-state index is 12.5. The van der Waals surface area contributed by atoms with E-state index in [4.69, 9.17) is 16.3 Å². The monoisotopic (exact) mass is 365 g/mol. The number of carbonyl (C=O) groups excluding carboxylic acids is 2. The third kappa shape index (κ3) is 3.85. The molecular weight excluding hydrogens is 350 g/mol. The lowest BCUT2D eigenvalue weighted by Crippen LogP contribution is -2.35. The fourth-order valence-electron chi connectivity index (χ4n) is 2.44. The summed E-state index contributed by atoms with van der Waals surface area (Å²) in [5.74, 6) is 0.254. The first-order valence-electron chi connectivity index (χ1n) is 7.50. The second-order valence-corrected chi connectivity index (χ2v) is 6.64. The highest BCUT2D eigenvalue weighted by Gasteiger charge is 2.25. The fourth-order valence-corrected chi connectivity index (χ4v) is 3.53. The van der Waals surface area contributed by atoms with E-state index < -0.39 is 6.09 Å². The average Bonchev–Trinajstić information content (AvgIpc) is 3.01. The number of hydrogen-bond donors (Lipinski definition) is 1. The van der Waals surface area contributed by atoms with Gasteiger partial charge in [-0.05, 0) is 12.1 Å². The van der Waals surface area contributed by atoms with E-state index in [2.05, 4.69) is 10.3 Å². The van der Waals surface area contributed by atoms with E-state index >= 15 is 0 Å². The van der Waals surface area contributed by atoms with Gasteiger partial charge in [0.25, 0.3) is 5.91 Å². The molecule has 0 atom stereocenters. The molecule has 3 rings (SSSR count). The predicted molar refractivity (Wildman–Crippen MR) is 92.7 cm³/mol. The summed E-state index contributed by atoms with van der Waals surface area (Å²) in [6.07, 6.45) is 0.0991. The van der Waals surface area contributed by atoms with Crippen molar-refractivity contribution in [2.45, 2.75) is 13.0 Å². The van der Waals surface area contributed by atoms with Gasteiger partial charge in [0.15, 0.2) is 5.13 Å². The maximum Gasteiger partial charge on any atom is 0.413 e. The van der Waals surface area contributed by atoms with E-state index in [0.29, 0.717) is 30.2 Å². The van der Waals surface area contributed by atoms with Crippen molar-refractivity contribution in [3.8, 4) is 0 Å². The number of aromatic nitrogens is 1. The summed E-state index contributed by atoms with van der Waals surface area (Å²) in [7, 11) is 0. The predicted octanol–water partition coefficient (Wildman–Crippen LogP) is 3.13. The number of hydrogen-bond acceptors (Lipinski definition) is 5. The topological polar surface area (TPSA) is 71.5 Å². The smallest absolute Gasteiger partial charge is 0.413 e. The van der Waals surface area contributed by atoms with Crippen LogP contribution in [0.25, 0.3) is 0 Å². The first-order valence-corrected chi connectivity index (χ1v) is 8.85. The van der Waals surface area contributed by atoms with Gasteiger partial charge in [0, 0.05) is 23.4 Å². The lowest BCUT2D eigenvalue weighted by atomic mass is 10.1. The lowest BCUT2D eigenvalue weighted by Gasteiger charge is -2.26. The molecule has 126 valence electrons. The van der Waals surface area contributed by atoms with Crippen LogP contribution in [0.15, 0.2) is 30.3 Å². The number of halogens is 1. The van der Waals surface area contributed by atoms with Crippen molar-refractivity contribution in [1.29, 1.82) is 0 Å². The molecule has 1 aliphatic rings. The molecule has 0 spiro atoms. The second kappa shape index (κ2) is 7.63. The van der Waals surface area contributed by atoms with Crippen LogP contribution in [-0.4, -0.2) is 40.9 Å².